The Labute approximate surface area is 142 Å². The van der Waals surface area contributed by atoms with E-state index in [-0.39, 0.29) is 23.3 Å². The van der Waals surface area contributed by atoms with Crippen molar-refractivity contribution in [1.29, 1.82) is 0 Å². The second-order valence-corrected chi connectivity index (χ2v) is 7.08. The molecule has 2 fully saturated rings. The Kier molecular flexibility index (Phi) is 5.17. The summed E-state index contributed by atoms with van der Waals surface area (Å²) < 4.78 is 13.8. The number of nitrogens with zero attached hydrogens (tertiary/aromatic N) is 2. The minimum atomic E-state index is -0.483. The molecule has 2 amide bonds. The molecule has 2 heterocycles. The van der Waals surface area contributed by atoms with Gasteiger partial charge in [0.1, 0.15) is 5.82 Å². The van der Waals surface area contributed by atoms with Crippen molar-refractivity contribution in [3.05, 3.63) is 35.6 Å². The fourth-order valence-electron chi connectivity index (χ4n) is 3.78. The molecule has 4 nitrogen and oxygen atoms in total. The van der Waals surface area contributed by atoms with Crippen LogP contribution >= 0.6 is 0 Å². The highest BCUT2D eigenvalue weighted by atomic mass is 19.1. The lowest BCUT2D eigenvalue weighted by atomic mass is 9.92. The van der Waals surface area contributed by atoms with Gasteiger partial charge < -0.3 is 9.80 Å². The van der Waals surface area contributed by atoms with Crippen molar-refractivity contribution in [2.45, 2.75) is 32.6 Å². The molecule has 1 aromatic carbocycles. The molecule has 2 saturated heterocycles. The van der Waals surface area contributed by atoms with Gasteiger partial charge in [-0.1, -0.05) is 19.1 Å². The SMILES string of the molecule is C[C@@H]1CCCN(C(=O)C2CCN(C(=O)c3ccccc3F)CC2)C1. The van der Waals surface area contributed by atoms with Gasteiger partial charge in [-0.15, -0.1) is 0 Å². The van der Waals surface area contributed by atoms with Crippen LogP contribution in [-0.2, 0) is 4.79 Å². The zero-order chi connectivity index (χ0) is 17.1. The van der Waals surface area contributed by atoms with Gasteiger partial charge in [0.2, 0.25) is 5.91 Å². The number of hydrogen-bond donors (Lipinski definition) is 0. The fraction of sp³-hybridized carbons (Fsp3) is 0.579. The molecular formula is C19H25FN2O2. The molecule has 0 aliphatic carbocycles. The molecule has 0 aromatic heterocycles. The number of likely N-dealkylation sites (tertiary alicyclic amines) is 2. The Morgan fingerprint density at radius 1 is 1.04 bits per heavy atom. The zero-order valence-electron chi connectivity index (χ0n) is 14.2. The first-order chi connectivity index (χ1) is 11.6. The van der Waals surface area contributed by atoms with Gasteiger partial charge in [0, 0.05) is 32.1 Å². The summed E-state index contributed by atoms with van der Waals surface area (Å²) >= 11 is 0. The van der Waals surface area contributed by atoms with Crippen molar-refractivity contribution in [2.24, 2.45) is 11.8 Å². The summed E-state index contributed by atoms with van der Waals surface area (Å²) in [7, 11) is 0. The lowest BCUT2D eigenvalue weighted by Crippen LogP contribution is -2.47. The van der Waals surface area contributed by atoms with Crippen LogP contribution in [0.4, 0.5) is 4.39 Å². The molecule has 1 atom stereocenters. The van der Waals surface area contributed by atoms with Crippen molar-refractivity contribution in [3.8, 4) is 0 Å². The Hall–Kier alpha value is -1.91. The van der Waals surface area contributed by atoms with E-state index in [1.807, 2.05) is 4.90 Å². The van der Waals surface area contributed by atoms with Crippen LogP contribution in [-0.4, -0.2) is 47.8 Å². The van der Waals surface area contributed by atoms with Crippen LogP contribution in [0.1, 0.15) is 43.0 Å². The molecule has 130 valence electrons. The van der Waals surface area contributed by atoms with E-state index >= 15 is 0 Å². The Morgan fingerprint density at radius 2 is 1.75 bits per heavy atom. The highest BCUT2D eigenvalue weighted by Crippen LogP contribution is 2.24. The first-order valence-electron chi connectivity index (χ1n) is 8.89. The summed E-state index contributed by atoms with van der Waals surface area (Å²) in [5.74, 6) is 0.0542. The molecular weight excluding hydrogens is 307 g/mol. The van der Waals surface area contributed by atoms with Crippen molar-refractivity contribution in [1.82, 2.24) is 9.80 Å². The summed E-state index contributed by atoms with van der Waals surface area (Å²) in [4.78, 5) is 28.8. The van der Waals surface area contributed by atoms with E-state index in [0.717, 1.165) is 19.5 Å². The van der Waals surface area contributed by atoms with E-state index in [0.29, 0.717) is 31.8 Å². The molecule has 24 heavy (non-hydrogen) atoms. The van der Waals surface area contributed by atoms with Gasteiger partial charge in [0.25, 0.3) is 5.91 Å². The number of benzene rings is 1. The minimum absolute atomic E-state index is 0.0000275. The Bertz CT molecular complexity index is 611. The molecule has 2 aliphatic heterocycles. The summed E-state index contributed by atoms with van der Waals surface area (Å²) in [6.45, 7) is 4.94. The third-order valence-corrected chi connectivity index (χ3v) is 5.20. The molecule has 0 N–H and O–H groups in total. The van der Waals surface area contributed by atoms with E-state index in [1.165, 1.54) is 18.6 Å². The first kappa shape index (κ1) is 16.9. The molecule has 5 heteroatoms. The van der Waals surface area contributed by atoms with Crippen LogP contribution in [0.3, 0.4) is 0 Å². The number of amides is 2. The molecule has 0 unspecified atom stereocenters. The third kappa shape index (κ3) is 3.60. The maximum atomic E-state index is 13.8. The van der Waals surface area contributed by atoms with E-state index in [4.69, 9.17) is 0 Å². The van der Waals surface area contributed by atoms with Crippen molar-refractivity contribution in [3.63, 3.8) is 0 Å². The average Bonchev–Trinajstić information content (AvgIpc) is 2.61. The maximum Gasteiger partial charge on any atom is 0.256 e. The maximum absolute atomic E-state index is 13.8. The van der Waals surface area contributed by atoms with Gasteiger partial charge in [-0.25, -0.2) is 4.39 Å². The molecule has 3 rings (SSSR count). The highest BCUT2D eigenvalue weighted by molar-refractivity contribution is 5.94. The van der Waals surface area contributed by atoms with Crippen molar-refractivity contribution >= 4 is 11.8 Å². The predicted molar refractivity (Wildman–Crippen MR) is 90.0 cm³/mol. The molecule has 1 aromatic rings. The monoisotopic (exact) mass is 332 g/mol. The van der Waals surface area contributed by atoms with Crippen molar-refractivity contribution in [2.75, 3.05) is 26.2 Å². The van der Waals surface area contributed by atoms with E-state index in [9.17, 15) is 14.0 Å². The van der Waals surface area contributed by atoms with E-state index in [1.54, 1.807) is 17.0 Å². The molecule has 2 aliphatic rings. The quantitative estimate of drug-likeness (QED) is 0.835. The Balaban J connectivity index is 1.56. The van der Waals surface area contributed by atoms with Gasteiger partial charge in [-0.05, 0) is 43.7 Å². The molecule has 0 spiro atoms. The second-order valence-electron chi connectivity index (χ2n) is 7.08. The van der Waals surface area contributed by atoms with Gasteiger partial charge in [-0.2, -0.15) is 0 Å². The van der Waals surface area contributed by atoms with Crippen LogP contribution in [0.5, 0.6) is 0 Å². The largest absolute Gasteiger partial charge is 0.342 e. The summed E-state index contributed by atoms with van der Waals surface area (Å²) in [6, 6.07) is 6.08. The Morgan fingerprint density at radius 3 is 2.42 bits per heavy atom. The predicted octanol–water partition coefficient (Wildman–Crippen LogP) is 2.94. The number of halogens is 1. The molecule has 0 saturated carbocycles. The smallest absolute Gasteiger partial charge is 0.256 e. The molecule has 0 bridgehead atoms. The third-order valence-electron chi connectivity index (χ3n) is 5.20. The van der Waals surface area contributed by atoms with Gasteiger partial charge >= 0.3 is 0 Å². The van der Waals surface area contributed by atoms with Crippen LogP contribution in [0.15, 0.2) is 24.3 Å². The lowest BCUT2D eigenvalue weighted by molar-refractivity contribution is -0.138. The number of piperidine rings is 2. The lowest BCUT2D eigenvalue weighted by Gasteiger charge is -2.37. The number of carbonyl (C=O) groups excluding carboxylic acids is 2. The fourth-order valence-corrected chi connectivity index (χ4v) is 3.78. The zero-order valence-corrected chi connectivity index (χ0v) is 14.2. The average molecular weight is 332 g/mol. The summed E-state index contributed by atoms with van der Waals surface area (Å²) in [5, 5.41) is 0. The van der Waals surface area contributed by atoms with Gasteiger partial charge in [-0.3, -0.25) is 9.59 Å². The number of carbonyl (C=O) groups is 2. The van der Waals surface area contributed by atoms with Gasteiger partial charge in [0.05, 0.1) is 5.56 Å². The van der Waals surface area contributed by atoms with Crippen LogP contribution in [0, 0.1) is 17.7 Å². The van der Waals surface area contributed by atoms with E-state index < -0.39 is 5.82 Å². The van der Waals surface area contributed by atoms with Crippen LogP contribution < -0.4 is 0 Å². The topological polar surface area (TPSA) is 40.6 Å². The summed E-state index contributed by atoms with van der Waals surface area (Å²) in [5.41, 5.74) is 0.118. The number of hydrogen-bond acceptors (Lipinski definition) is 2. The van der Waals surface area contributed by atoms with Crippen LogP contribution in [0.2, 0.25) is 0 Å². The van der Waals surface area contributed by atoms with Crippen LogP contribution in [0.25, 0.3) is 0 Å². The summed E-state index contributed by atoms with van der Waals surface area (Å²) in [6.07, 6.45) is 3.62. The highest BCUT2D eigenvalue weighted by Gasteiger charge is 2.32. The van der Waals surface area contributed by atoms with Gasteiger partial charge in [0.15, 0.2) is 0 Å². The normalized spacial score (nSPS) is 22.5. The van der Waals surface area contributed by atoms with E-state index in [2.05, 4.69) is 6.92 Å². The second kappa shape index (κ2) is 7.32. The standard InChI is InChI=1S/C19H25FN2O2/c1-14-5-4-10-22(13-14)18(23)15-8-11-21(12-9-15)19(24)16-6-2-3-7-17(16)20/h2-3,6-7,14-15H,4-5,8-13H2,1H3/t14-/m1/s1. The first-order valence-corrected chi connectivity index (χ1v) is 8.89. The molecule has 0 radical (unpaired) electrons. The van der Waals surface area contributed by atoms with Crippen molar-refractivity contribution < 1.29 is 14.0 Å². The number of rotatable bonds is 2. The minimum Gasteiger partial charge on any atom is -0.342 e.